The highest BCUT2D eigenvalue weighted by Gasteiger charge is 2.18. The van der Waals surface area contributed by atoms with Crippen molar-refractivity contribution in [1.29, 1.82) is 0 Å². The van der Waals surface area contributed by atoms with E-state index in [4.69, 9.17) is 0 Å². The maximum Gasteiger partial charge on any atom is 0.131 e. The van der Waals surface area contributed by atoms with Gasteiger partial charge in [-0.2, -0.15) is 0 Å². The fourth-order valence-corrected chi connectivity index (χ4v) is 3.26. The molecule has 1 saturated carbocycles. The van der Waals surface area contributed by atoms with Crippen LogP contribution in [0.4, 0.5) is 4.39 Å². The molecule has 0 aliphatic heterocycles. The Morgan fingerprint density at radius 2 is 2.05 bits per heavy atom. The lowest BCUT2D eigenvalue weighted by molar-refractivity contribution is 0.394. The van der Waals surface area contributed by atoms with Gasteiger partial charge in [0.25, 0.3) is 0 Å². The summed E-state index contributed by atoms with van der Waals surface area (Å²) in [5, 5.41) is 3.49. The van der Waals surface area contributed by atoms with Crippen LogP contribution in [0.5, 0.6) is 0 Å². The molecule has 1 nitrogen and oxygen atoms in total. The van der Waals surface area contributed by atoms with Crippen LogP contribution < -0.4 is 5.32 Å². The van der Waals surface area contributed by atoms with E-state index in [2.05, 4.69) is 41.2 Å². The Morgan fingerprint density at radius 1 is 1.33 bits per heavy atom. The molecule has 0 amide bonds. The predicted octanol–water partition coefficient (Wildman–Crippen LogP) is 5.55. The lowest BCUT2D eigenvalue weighted by Gasteiger charge is -2.26. The van der Waals surface area contributed by atoms with Gasteiger partial charge in [-0.1, -0.05) is 66.8 Å². The predicted molar refractivity (Wildman–Crippen MR) is 91.8 cm³/mol. The van der Waals surface area contributed by atoms with Crippen molar-refractivity contribution in [3.63, 3.8) is 0 Å². The van der Waals surface area contributed by atoms with Crippen molar-refractivity contribution in [2.45, 2.75) is 52.0 Å². The van der Waals surface area contributed by atoms with Gasteiger partial charge in [-0.05, 0) is 30.9 Å². The molecule has 0 spiro atoms. The number of hydrogen-bond acceptors (Lipinski definition) is 1. The summed E-state index contributed by atoms with van der Waals surface area (Å²) in [6, 6.07) is 5.76. The second-order valence-corrected chi connectivity index (χ2v) is 7.17. The third kappa shape index (κ3) is 5.23. The van der Waals surface area contributed by atoms with Crippen molar-refractivity contribution < 1.29 is 4.39 Å². The largest absolute Gasteiger partial charge is 0.311 e. The van der Waals surface area contributed by atoms with E-state index in [0.29, 0.717) is 17.5 Å². The molecule has 1 aromatic rings. The Balaban J connectivity index is 2.21. The fraction of sp³-hybridized carbons (Fsp3) is 0.556. The molecule has 1 aliphatic rings. The molecule has 0 atom stereocenters. The maximum atomic E-state index is 14.1. The zero-order chi connectivity index (χ0) is 15.2. The number of benzene rings is 1. The molecule has 0 aromatic heterocycles. The highest BCUT2D eigenvalue weighted by atomic mass is 79.9. The molecule has 0 radical (unpaired) electrons. The molecule has 0 unspecified atom stereocenters. The van der Waals surface area contributed by atoms with Gasteiger partial charge in [0.15, 0.2) is 0 Å². The van der Waals surface area contributed by atoms with Crippen molar-refractivity contribution in [3.05, 3.63) is 39.6 Å². The molecular weight excluding hydrogens is 329 g/mol. The van der Waals surface area contributed by atoms with Crippen molar-refractivity contribution in [3.8, 4) is 0 Å². The molecule has 0 saturated heterocycles. The number of rotatable bonds is 5. The number of hydrogen-bond donors (Lipinski definition) is 1. The summed E-state index contributed by atoms with van der Waals surface area (Å²) in [6.45, 7) is 5.16. The van der Waals surface area contributed by atoms with Crippen molar-refractivity contribution >= 4 is 22.0 Å². The van der Waals surface area contributed by atoms with E-state index in [-0.39, 0.29) is 5.82 Å². The van der Waals surface area contributed by atoms with E-state index in [0.717, 1.165) is 11.0 Å². The average Bonchev–Trinajstić information content (AvgIpc) is 2.46. The van der Waals surface area contributed by atoms with Gasteiger partial charge in [0.2, 0.25) is 0 Å². The first kappa shape index (κ1) is 16.7. The van der Waals surface area contributed by atoms with Crippen molar-refractivity contribution in [2.24, 2.45) is 5.92 Å². The van der Waals surface area contributed by atoms with Crippen LogP contribution in [-0.4, -0.2) is 12.6 Å². The van der Waals surface area contributed by atoms with Crippen LogP contribution in [-0.2, 0) is 0 Å². The molecule has 0 heterocycles. The maximum absolute atomic E-state index is 14.1. The van der Waals surface area contributed by atoms with Crippen LogP contribution in [0.25, 0.3) is 6.08 Å². The summed E-state index contributed by atoms with van der Waals surface area (Å²) in [6.07, 6.45) is 8.48. The lowest BCUT2D eigenvalue weighted by atomic mass is 9.83. The first-order valence-corrected chi connectivity index (χ1v) is 8.74. The van der Waals surface area contributed by atoms with Gasteiger partial charge < -0.3 is 5.32 Å². The van der Waals surface area contributed by atoms with Gasteiger partial charge in [0.1, 0.15) is 5.82 Å². The molecule has 1 aliphatic carbocycles. The number of nitrogens with one attached hydrogen (secondary N) is 1. The van der Waals surface area contributed by atoms with Crippen LogP contribution in [0.1, 0.15) is 51.5 Å². The summed E-state index contributed by atoms with van der Waals surface area (Å²) >= 11 is 3.32. The van der Waals surface area contributed by atoms with Crippen LogP contribution in [0.3, 0.4) is 0 Å². The van der Waals surface area contributed by atoms with E-state index in [1.165, 1.54) is 37.7 Å². The topological polar surface area (TPSA) is 12.0 Å². The summed E-state index contributed by atoms with van der Waals surface area (Å²) in [7, 11) is 0. The van der Waals surface area contributed by atoms with Crippen LogP contribution in [0.2, 0.25) is 0 Å². The van der Waals surface area contributed by atoms with Gasteiger partial charge in [0, 0.05) is 22.6 Å². The third-order valence-electron chi connectivity index (χ3n) is 4.15. The Hall–Kier alpha value is -0.670. The minimum absolute atomic E-state index is 0.151. The van der Waals surface area contributed by atoms with Crippen LogP contribution >= 0.6 is 15.9 Å². The molecule has 3 heteroatoms. The smallest absolute Gasteiger partial charge is 0.131 e. The van der Waals surface area contributed by atoms with E-state index in [1.807, 2.05) is 12.1 Å². The molecular formula is C18H25BrFN. The molecule has 1 N–H and O–H groups in total. The Labute approximate surface area is 136 Å². The van der Waals surface area contributed by atoms with Gasteiger partial charge in [-0.25, -0.2) is 4.39 Å². The molecule has 21 heavy (non-hydrogen) atoms. The molecule has 116 valence electrons. The Bertz CT molecular complexity index is 490. The summed E-state index contributed by atoms with van der Waals surface area (Å²) in [5.74, 6) is 0.454. The summed E-state index contributed by atoms with van der Waals surface area (Å²) < 4.78 is 14.9. The second kappa shape index (κ2) is 8.09. The average molecular weight is 354 g/mol. The first-order valence-electron chi connectivity index (χ1n) is 7.95. The SMILES string of the molecule is CC(C)NC/C(=C/c1ccc(Br)cc1F)C1CCCCC1. The monoisotopic (exact) mass is 353 g/mol. The zero-order valence-electron chi connectivity index (χ0n) is 13.0. The lowest BCUT2D eigenvalue weighted by Crippen LogP contribution is -2.28. The van der Waals surface area contributed by atoms with Crippen LogP contribution in [0.15, 0.2) is 28.2 Å². The molecule has 1 fully saturated rings. The van der Waals surface area contributed by atoms with Crippen LogP contribution in [0, 0.1) is 11.7 Å². The van der Waals surface area contributed by atoms with Crippen molar-refractivity contribution in [1.82, 2.24) is 5.32 Å². The highest BCUT2D eigenvalue weighted by Crippen LogP contribution is 2.31. The van der Waals surface area contributed by atoms with Gasteiger partial charge in [-0.3, -0.25) is 0 Å². The van der Waals surface area contributed by atoms with Gasteiger partial charge in [0.05, 0.1) is 0 Å². The van der Waals surface area contributed by atoms with Gasteiger partial charge >= 0.3 is 0 Å². The van der Waals surface area contributed by atoms with E-state index in [1.54, 1.807) is 6.07 Å². The highest BCUT2D eigenvalue weighted by molar-refractivity contribution is 9.10. The quantitative estimate of drug-likeness (QED) is 0.731. The summed E-state index contributed by atoms with van der Waals surface area (Å²) in [5.41, 5.74) is 2.05. The van der Waals surface area contributed by atoms with E-state index >= 15 is 0 Å². The third-order valence-corrected chi connectivity index (χ3v) is 4.64. The first-order chi connectivity index (χ1) is 10.1. The second-order valence-electron chi connectivity index (χ2n) is 6.26. The Kier molecular flexibility index (Phi) is 6.43. The van der Waals surface area contributed by atoms with E-state index in [9.17, 15) is 4.39 Å². The molecule has 2 rings (SSSR count). The molecule has 1 aromatic carbocycles. The molecule has 0 bridgehead atoms. The van der Waals surface area contributed by atoms with E-state index < -0.39 is 0 Å². The normalized spacial score (nSPS) is 17.5. The van der Waals surface area contributed by atoms with Crippen molar-refractivity contribution in [2.75, 3.05) is 6.54 Å². The summed E-state index contributed by atoms with van der Waals surface area (Å²) in [4.78, 5) is 0. The zero-order valence-corrected chi connectivity index (χ0v) is 14.5. The fourth-order valence-electron chi connectivity index (χ4n) is 2.93. The number of halogens is 2. The van der Waals surface area contributed by atoms with Gasteiger partial charge in [-0.15, -0.1) is 0 Å². The standard InChI is InChI=1S/C18H25BrFN/c1-13(2)21-12-16(14-6-4-3-5-7-14)10-15-8-9-17(19)11-18(15)20/h8-11,13-14,21H,3-7,12H2,1-2H3/b16-10-. The minimum Gasteiger partial charge on any atom is -0.311 e. The minimum atomic E-state index is -0.151. The Morgan fingerprint density at radius 3 is 2.67 bits per heavy atom.